The minimum absolute atomic E-state index is 0.797. The third-order valence-electron chi connectivity index (χ3n) is 5.12. The highest BCUT2D eigenvalue weighted by Crippen LogP contribution is 2.22. The number of thioether (sulfide) groups is 1. The van der Waals surface area contributed by atoms with Crippen molar-refractivity contribution < 1.29 is 9.47 Å². The predicted octanol–water partition coefficient (Wildman–Crippen LogP) is 2.39. The summed E-state index contributed by atoms with van der Waals surface area (Å²) in [5.74, 6) is 1.82. The van der Waals surface area contributed by atoms with Crippen LogP contribution in [-0.4, -0.2) is 70.8 Å². The molecule has 0 aliphatic carbocycles. The van der Waals surface area contributed by atoms with Gasteiger partial charge in [-0.3, -0.25) is 4.90 Å². The monoisotopic (exact) mass is 440 g/mol. The molecule has 0 radical (unpaired) electrons. The first-order valence-corrected chi connectivity index (χ1v) is 11.5. The molecular formula is C22H28N6O2S. The molecule has 2 aromatic carbocycles. The van der Waals surface area contributed by atoms with Crippen molar-refractivity contribution in [1.82, 2.24) is 30.4 Å². The molecule has 0 saturated carbocycles. The summed E-state index contributed by atoms with van der Waals surface area (Å²) in [5, 5.41) is 16.4. The predicted molar refractivity (Wildman–Crippen MR) is 121 cm³/mol. The minimum atomic E-state index is 0.797. The van der Waals surface area contributed by atoms with E-state index in [0.717, 1.165) is 68.3 Å². The molecule has 0 amide bonds. The number of morpholine rings is 1. The fraction of sp³-hybridized carbons (Fsp3) is 0.409. The van der Waals surface area contributed by atoms with Gasteiger partial charge in [0.25, 0.3) is 0 Å². The number of aromatic nitrogens is 4. The van der Waals surface area contributed by atoms with E-state index < -0.39 is 0 Å². The summed E-state index contributed by atoms with van der Waals surface area (Å²) in [5.41, 5.74) is 3.44. The SMILES string of the molecule is COc1ccc(CNCCSc2nnnn2-c2ccccc2)cc1CN1CCOCC1. The maximum atomic E-state index is 5.57. The van der Waals surface area contributed by atoms with E-state index >= 15 is 0 Å². The van der Waals surface area contributed by atoms with Crippen molar-refractivity contribution in [3.8, 4) is 11.4 Å². The van der Waals surface area contributed by atoms with Gasteiger partial charge in [0, 0.05) is 44.0 Å². The van der Waals surface area contributed by atoms with Crippen LogP contribution in [0.25, 0.3) is 5.69 Å². The first kappa shape index (κ1) is 21.8. The van der Waals surface area contributed by atoms with Gasteiger partial charge in [-0.05, 0) is 40.3 Å². The smallest absolute Gasteiger partial charge is 0.214 e. The number of benzene rings is 2. The van der Waals surface area contributed by atoms with E-state index in [1.54, 1.807) is 23.6 Å². The fourth-order valence-electron chi connectivity index (χ4n) is 3.51. The Hall–Kier alpha value is -2.46. The first-order valence-electron chi connectivity index (χ1n) is 10.5. The van der Waals surface area contributed by atoms with Crippen LogP contribution in [-0.2, 0) is 17.8 Å². The number of rotatable bonds is 10. The molecule has 0 bridgehead atoms. The van der Waals surface area contributed by atoms with Crippen molar-refractivity contribution in [2.45, 2.75) is 18.2 Å². The Morgan fingerprint density at radius 2 is 1.97 bits per heavy atom. The molecule has 1 saturated heterocycles. The van der Waals surface area contributed by atoms with Gasteiger partial charge in [0.15, 0.2) is 0 Å². The second-order valence-electron chi connectivity index (χ2n) is 7.27. The standard InChI is InChI=1S/C22H28N6O2S/c1-29-21-8-7-18(15-19(21)17-27-10-12-30-13-11-27)16-23-9-14-31-22-24-25-26-28(22)20-5-3-2-4-6-20/h2-8,15,23H,9-14,16-17H2,1H3. The van der Waals surface area contributed by atoms with Crippen LogP contribution in [0, 0.1) is 0 Å². The highest BCUT2D eigenvalue weighted by atomic mass is 32.2. The Morgan fingerprint density at radius 1 is 1.13 bits per heavy atom. The summed E-state index contributed by atoms with van der Waals surface area (Å²) in [6.45, 7) is 6.08. The Kier molecular flexibility index (Phi) is 7.89. The fourth-order valence-corrected chi connectivity index (χ4v) is 4.30. The molecule has 1 aliphatic heterocycles. The molecule has 1 aliphatic rings. The van der Waals surface area contributed by atoms with E-state index in [-0.39, 0.29) is 0 Å². The third kappa shape index (κ3) is 6.04. The van der Waals surface area contributed by atoms with Gasteiger partial charge in [0.2, 0.25) is 5.16 Å². The molecule has 0 atom stereocenters. The number of nitrogens with zero attached hydrogens (tertiary/aromatic N) is 5. The highest BCUT2D eigenvalue weighted by molar-refractivity contribution is 7.99. The van der Waals surface area contributed by atoms with Gasteiger partial charge in [0.1, 0.15) is 5.75 Å². The van der Waals surface area contributed by atoms with Crippen molar-refractivity contribution in [3.05, 3.63) is 59.7 Å². The minimum Gasteiger partial charge on any atom is -0.496 e. The first-order chi connectivity index (χ1) is 15.3. The quantitative estimate of drug-likeness (QED) is 0.380. The molecule has 1 aromatic heterocycles. The van der Waals surface area contributed by atoms with Crippen molar-refractivity contribution >= 4 is 11.8 Å². The molecule has 164 valence electrons. The summed E-state index contributed by atoms with van der Waals surface area (Å²) < 4.78 is 12.8. The highest BCUT2D eigenvalue weighted by Gasteiger charge is 2.14. The van der Waals surface area contributed by atoms with E-state index in [2.05, 4.69) is 43.9 Å². The Bertz CT molecular complexity index is 946. The van der Waals surface area contributed by atoms with Gasteiger partial charge in [-0.15, -0.1) is 5.10 Å². The number of para-hydroxylation sites is 1. The van der Waals surface area contributed by atoms with Gasteiger partial charge in [-0.25, -0.2) is 0 Å². The lowest BCUT2D eigenvalue weighted by Crippen LogP contribution is -2.35. The van der Waals surface area contributed by atoms with Gasteiger partial charge in [-0.1, -0.05) is 36.0 Å². The molecule has 8 nitrogen and oxygen atoms in total. The zero-order valence-electron chi connectivity index (χ0n) is 17.7. The normalized spacial score (nSPS) is 14.6. The Balaban J connectivity index is 1.26. The van der Waals surface area contributed by atoms with E-state index in [1.807, 2.05) is 30.3 Å². The van der Waals surface area contributed by atoms with Gasteiger partial charge < -0.3 is 14.8 Å². The van der Waals surface area contributed by atoms with Crippen molar-refractivity contribution in [2.24, 2.45) is 0 Å². The molecule has 0 spiro atoms. The third-order valence-corrected chi connectivity index (χ3v) is 6.04. The van der Waals surface area contributed by atoms with E-state index in [4.69, 9.17) is 9.47 Å². The molecule has 4 rings (SSSR count). The summed E-state index contributed by atoms with van der Waals surface area (Å²) in [6.07, 6.45) is 0. The van der Waals surface area contributed by atoms with Crippen molar-refractivity contribution in [2.75, 3.05) is 45.7 Å². The second kappa shape index (κ2) is 11.2. The van der Waals surface area contributed by atoms with Crippen LogP contribution in [0.15, 0.2) is 53.7 Å². The maximum Gasteiger partial charge on any atom is 0.214 e. The van der Waals surface area contributed by atoms with Crippen LogP contribution >= 0.6 is 11.8 Å². The summed E-state index contributed by atoms with van der Waals surface area (Å²) in [6, 6.07) is 16.4. The number of ether oxygens (including phenoxy) is 2. The lowest BCUT2D eigenvalue weighted by atomic mass is 10.1. The van der Waals surface area contributed by atoms with Crippen molar-refractivity contribution in [3.63, 3.8) is 0 Å². The Morgan fingerprint density at radius 3 is 2.77 bits per heavy atom. The summed E-state index contributed by atoms with van der Waals surface area (Å²) in [7, 11) is 1.73. The average Bonchev–Trinajstić information content (AvgIpc) is 3.29. The van der Waals surface area contributed by atoms with Gasteiger partial charge >= 0.3 is 0 Å². The maximum absolute atomic E-state index is 5.57. The average molecular weight is 441 g/mol. The van der Waals surface area contributed by atoms with Crippen LogP contribution in [0.1, 0.15) is 11.1 Å². The largest absolute Gasteiger partial charge is 0.496 e. The molecule has 1 N–H and O–H groups in total. The van der Waals surface area contributed by atoms with Gasteiger partial charge in [0.05, 0.1) is 26.0 Å². The lowest BCUT2D eigenvalue weighted by molar-refractivity contribution is 0.0339. The number of hydrogen-bond acceptors (Lipinski definition) is 8. The lowest BCUT2D eigenvalue weighted by Gasteiger charge is -2.27. The molecular weight excluding hydrogens is 412 g/mol. The van der Waals surface area contributed by atoms with Crippen LogP contribution in [0.2, 0.25) is 0 Å². The zero-order chi connectivity index (χ0) is 21.3. The molecule has 0 unspecified atom stereocenters. The van der Waals surface area contributed by atoms with Crippen LogP contribution in [0.4, 0.5) is 0 Å². The number of hydrogen-bond donors (Lipinski definition) is 1. The van der Waals surface area contributed by atoms with Crippen LogP contribution in [0.3, 0.4) is 0 Å². The van der Waals surface area contributed by atoms with E-state index in [9.17, 15) is 0 Å². The summed E-state index contributed by atoms with van der Waals surface area (Å²) in [4.78, 5) is 2.41. The van der Waals surface area contributed by atoms with E-state index in [1.165, 1.54) is 11.1 Å². The van der Waals surface area contributed by atoms with E-state index in [0.29, 0.717) is 0 Å². The van der Waals surface area contributed by atoms with Crippen LogP contribution in [0.5, 0.6) is 5.75 Å². The number of methoxy groups -OCH3 is 1. The van der Waals surface area contributed by atoms with Crippen molar-refractivity contribution in [1.29, 1.82) is 0 Å². The second-order valence-corrected chi connectivity index (χ2v) is 8.33. The molecule has 31 heavy (non-hydrogen) atoms. The molecule has 2 heterocycles. The molecule has 1 fully saturated rings. The topological polar surface area (TPSA) is 77.3 Å². The van der Waals surface area contributed by atoms with Crippen LogP contribution < -0.4 is 10.1 Å². The van der Waals surface area contributed by atoms with Gasteiger partial charge in [-0.2, -0.15) is 4.68 Å². The Labute approximate surface area is 186 Å². The molecule has 3 aromatic rings. The molecule has 9 heteroatoms. The zero-order valence-corrected chi connectivity index (χ0v) is 18.6. The number of nitrogens with one attached hydrogen (secondary N) is 1. The number of tetrazole rings is 1. The summed E-state index contributed by atoms with van der Waals surface area (Å²) >= 11 is 1.64.